The predicted octanol–water partition coefficient (Wildman–Crippen LogP) is 2.94. The fourth-order valence-corrected chi connectivity index (χ4v) is 1.66. The molecule has 5 heteroatoms. The maximum Gasteiger partial charge on any atom is 0.416 e. The van der Waals surface area contributed by atoms with Crippen LogP contribution in [0.1, 0.15) is 30.9 Å². The van der Waals surface area contributed by atoms with Gasteiger partial charge in [-0.3, -0.25) is 4.79 Å². The highest BCUT2D eigenvalue weighted by Crippen LogP contribution is 2.29. The zero-order valence-corrected chi connectivity index (χ0v) is 10.1. The summed E-state index contributed by atoms with van der Waals surface area (Å²) in [5, 5.41) is 0. The van der Waals surface area contributed by atoms with E-state index < -0.39 is 17.8 Å². The van der Waals surface area contributed by atoms with Gasteiger partial charge in [0.25, 0.3) is 0 Å². The standard InChI is InChI=1S/C13H16F3NO/c1-2-4-11(17)12(18)8-9-5-3-6-10(7-9)13(14,15)16/h3,5-7,11H,2,4,8,17H2,1H3. The molecule has 100 valence electrons. The van der Waals surface area contributed by atoms with Crippen LogP contribution in [-0.2, 0) is 17.4 Å². The number of benzene rings is 1. The van der Waals surface area contributed by atoms with Crippen LogP contribution in [0.4, 0.5) is 13.2 Å². The van der Waals surface area contributed by atoms with E-state index in [4.69, 9.17) is 5.73 Å². The van der Waals surface area contributed by atoms with Gasteiger partial charge in [0.05, 0.1) is 11.6 Å². The van der Waals surface area contributed by atoms with Crippen molar-refractivity contribution in [2.45, 2.75) is 38.4 Å². The quantitative estimate of drug-likeness (QED) is 0.883. The number of rotatable bonds is 5. The number of hydrogen-bond donors (Lipinski definition) is 1. The van der Waals surface area contributed by atoms with E-state index in [1.54, 1.807) is 0 Å². The molecule has 1 unspecified atom stereocenters. The van der Waals surface area contributed by atoms with Gasteiger partial charge in [0.1, 0.15) is 0 Å². The van der Waals surface area contributed by atoms with Gasteiger partial charge in [-0.05, 0) is 18.1 Å². The average molecular weight is 259 g/mol. The van der Waals surface area contributed by atoms with Crippen LogP contribution in [0.3, 0.4) is 0 Å². The summed E-state index contributed by atoms with van der Waals surface area (Å²) in [4.78, 5) is 11.7. The third-order valence-corrected chi connectivity index (χ3v) is 2.65. The summed E-state index contributed by atoms with van der Waals surface area (Å²) in [6.45, 7) is 1.90. The Bertz CT molecular complexity index is 415. The van der Waals surface area contributed by atoms with Crippen molar-refractivity contribution in [3.05, 3.63) is 35.4 Å². The van der Waals surface area contributed by atoms with Crippen LogP contribution in [0.5, 0.6) is 0 Å². The molecular weight excluding hydrogens is 243 g/mol. The minimum absolute atomic E-state index is 0.0505. The van der Waals surface area contributed by atoms with Gasteiger partial charge in [0.15, 0.2) is 5.78 Å². The number of carbonyl (C=O) groups excluding carboxylic acids is 1. The SMILES string of the molecule is CCCC(N)C(=O)Cc1cccc(C(F)(F)F)c1. The maximum atomic E-state index is 12.5. The molecule has 1 aromatic carbocycles. The summed E-state index contributed by atoms with van der Waals surface area (Å²) in [5.74, 6) is -0.226. The molecule has 1 rings (SSSR count). The first-order valence-corrected chi connectivity index (χ1v) is 5.79. The zero-order chi connectivity index (χ0) is 13.8. The number of nitrogens with two attached hydrogens (primary N) is 1. The number of hydrogen-bond acceptors (Lipinski definition) is 2. The summed E-state index contributed by atoms with van der Waals surface area (Å²) in [7, 11) is 0. The predicted molar refractivity (Wildman–Crippen MR) is 63.0 cm³/mol. The lowest BCUT2D eigenvalue weighted by atomic mass is 10.00. The van der Waals surface area contributed by atoms with Crippen molar-refractivity contribution >= 4 is 5.78 Å². The Morgan fingerprint density at radius 1 is 1.39 bits per heavy atom. The highest BCUT2D eigenvalue weighted by atomic mass is 19.4. The van der Waals surface area contributed by atoms with E-state index in [1.165, 1.54) is 12.1 Å². The normalized spacial score (nSPS) is 13.4. The summed E-state index contributed by atoms with van der Waals surface area (Å²) in [5.41, 5.74) is 5.24. The van der Waals surface area contributed by atoms with Crippen LogP contribution in [0.2, 0.25) is 0 Å². The molecular formula is C13H16F3NO. The Morgan fingerprint density at radius 2 is 2.06 bits per heavy atom. The molecule has 0 radical (unpaired) electrons. The molecule has 0 saturated carbocycles. The lowest BCUT2D eigenvalue weighted by molar-refractivity contribution is -0.137. The maximum absolute atomic E-state index is 12.5. The van der Waals surface area contributed by atoms with Gasteiger partial charge in [-0.25, -0.2) is 0 Å². The van der Waals surface area contributed by atoms with Gasteiger partial charge in [-0.1, -0.05) is 31.5 Å². The second kappa shape index (κ2) is 6.00. The van der Waals surface area contributed by atoms with E-state index in [1.807, 2.05) is 6.92 Å². The molecule has 0 fully saturated rings. The highest BCUT2D eigenvalue weighted by Gasteiger charge is 2.30. The van der Waals surface area contributed by atoms with Crippen molar-refractivity contribution in [2.75, 3.05) is 0 Å². The molecule has 0 bridgehead atoms. The second-order valence-corrected chi connectivity index (χ2v) is 4.24. The van der Waals surface area contributed by atoms with Gasteiger partial charge >= 0.3 is 6.18 Å². The van der Waals surface area contributed by atoms with Crippen LogP contribution in [0, 0.1) is 0 Å². The summed E-state index contributed by atoms with van der Waals surface area (Å²) < 4.78 is 37.4. The molecule has 0 aliphatic heterocycles. The van der Waals surface area contributed by atoms with Gasteiger partial charge in [-0.2, -0.15) is 13.2 Å². The van der Waals surface area contributed by atoms with Crippen molar-refractivity contribution in [1.82, 2.24) is 0 Å². The van der Waals surface area contributed by atoms with E-state index >= 15 is 0 Å². The number of alkyl halides is 3. The molecule has 0 aliphatic rings. The Kier molecular flexibility index (Phi) is 4.90. The largest absolute Gasteiger partial charge is 0.416 e. The van der Waals surface area contributed by atoms with E-state index in [0.29, 0.717) is 12.0 Å². The first-order valence-electron chi connectivity index (χ1n) is 5.79. The monoisotopic (exact) mass is 259 g/mol. The second-order valence-electron chi connectivity index (χ2n) is 4.24. The molecule has 0 aromatic heterocycles. The fraction of sp³-hybridized carbons (Fsp3) is 0.462. The van der Waals surface area contributed by atoms with Crippen LogP contribution >= 0.6 is 0 Å². The zero-order valence-electron chi connectivity index (χ0n) is 10.1. The molecule has 2 N–H and O–H groups in total. The van der Waals surface area contributed by atoms with E-state index in [0.717, 1.165) is 18.6 Å². The highest BCUT2D eigenvalue weighted by molar-refractivity contribution is 5.85. The molecule has 1 aromatic rings. The first kappa shape index (κ1) is 14.7. The first-order chi connectivity index (χ1) is 8.34. The molecule has 0 saturated heterocycles. The van der Waals surface area contributed by atoms with E-state index in [9.17, 15) is 18.0 Å². The van der Waals surface area contributed by atoms with Crippen LogP contribution in [0.25, 0.3) is 0 Å². The minimum Gasteiger partial charge on any atom is -0.321 e. The van der Waals surface area contributed by atoms with Gasteiger partial charge in [0, 0.05) is 6.42 Å². The summed E-state index contributed by atoms with van der Waals surface area (Å²) in [6, 6.07) is 4.20. The number of Topliss-reactive ketones (excluding diaryl/α,β-unsaturated/α-hetero) is 1. The van der Waals surface area contributed by atoms with Crippen LogP contribution in [0.15, 0.2) is 24.3 Å². The molecule has 0 heterocycles. The average Bonchev–Trinajstić information content (AvgIpc) is 2.28. The lowest BCUT2D eigenvalue weighted by Gasteiger charge is -2.11. The summed E-state index contributed by atoms with van der Waals surface area (Å²) in [6.07, 6.45) is -3.11. The topological polar surface area (TPSA) is 43.1 Å². The molecule has 0 spiro atoms. The van der Waals surface area contributed by atoms with Crippen molar-refractivity contribution < 1.29 is 18.0 Å². The van der Waals surface area contributed by atoms with Crippen LogP contribution in [-0.4, -0.2) is 11.8 Å². The Balaban J connectivity index is 2.77. The van der Waals surface area contributed by atoms with Crippen molar-refractivity contribution in [3.8, 4) is 0 Å². The van der Waals surface area contributed by atoms with Gasteiger partial charge in [0.2, 0.25) is 0 Å². The minimum atomic E-state index is -4.38. The number of halogens is 3. The molecule has 2 nitrogen and oxygen atoms in total. The third kappa shape index (κ3) is 4.14. The van der Waals surface area contributed by atoms with Crippen LogP contribution < -0.4 is 5.73 Å². The lowest BCUT2D eigenvalue weighted by Crippen LogP contribution is -2.31. The van der Waals surface area contributed by atoms with Gasteiger partial charge < -0.3 is 5.73 Å². The number of ketones is 1. The molecule has 18 heavy (non-hydrogen) atoms. The molecule has 1 atom stereocenters. The number of carbonyl (C=O) groups is 1. The smallest absolute Gasteiger partial charge is 0.321 e. The Hall–Kier alpha value is -1.36. The van der Waals surface area contributed by atoms with Crippen molar-refractivity contribution in [3.63, 3.8) is 0 Å². The molecule has 0 amide bonds. The van der Waals surface area contributed by atoms with Gasteiger partial charge in [-0.15, -0.1) is 0 Å². The Morgan fingerprint density at radius 3 is 2.61 bits per heavy atom. The van der Waals surface area contributed by atoms with Crippen molar-refractivity contribution in [2.24, 2.45) is 5.73 Å². The van der Waals surface area contributed by atoms with E-state index in [-0.39, 0.29) is 12.2 Å². The van der Waals surface area contributed by atoms with Crippen molar-refractivity contribution in [1.29, 1.82) is 0 Å². The Labute approximate surface area is 104 Å². The fourth-order valence-electron chi connectivity index (χ4n) is 1.66. The third-order valence-electron chi connectivity index (χ3n) is 2.65. The van der Waals surface area contributed by atoms with E-state index in [2.05, 4.69) is 0 Å². The summed E-state index contributed by atoms with van der Waals surface area (Å²) >= 11 is 0. The molecule has 0 aliphatic carbocycles.